The third kappa shape index (κ3) is 3.24. The van der Waals surface area contributed by atoms with Crippen LogP contribution in [0.1, 0.15) is 25.7 Å². The molecule has 0 saturated carbocycles. The minimum atomic E-state index is 0.575. The quantitative estimate of drug-likeness (QED) is 0.710. The largest absolute Gasteiger partial charge is 0.381 e. The van der Waals surface area contributed by atoms with E-state index in [9.17, 15) is 0 Å². The second kappa shape index (κ2) is 5.76. The first-order chi connectivity index (χ1) is 7.47. The van der Waals surface area contributed by atoms with Crippen LogP contribution in [0.25, 0.3) is 0 Å². The van der Waals surface area contributed by atoms with Gasteiger partial charge in [0.15, 0.2) is 0 Å². The van der Waals surface area contributed by atoms with E-state index in [4.69, 9.17) is 4.74 Å². The predicted octanol–water partition coefficient (Wildman–Crippen LogP) is 2.75. The molecule has 15 heavy (non-hydrogen) atoms. The summed E-state index contributed by atoms with van der Waals surface area (Å²) in [5.74, 6) is 0.575. The van der Waals surface area contributed by atoms with Crippen LogP contribution in [0.5, 0.6) is 0 Å². The molecule has 1 N–H and O–H groups in total. The molecule has 0 aromatic heterocycles. The Balaban J connectivity index is 2.00. The molecule has 1 saturated heterocycles. The van der Waals surface area contributed by atoms with Crippen molar-refractivity contribution in [3.05, 3.63) is 36.2 Å². The third-order valence-electron chi connectivity index (χ3n) is 2.98. The van der Waals surface area contributed by atoms with Crippen molar-refractivity contribution in [2.75, 3.05) is 13.2 Å². The van der Waals surface area contributed by atoms with Gasteiger partial charge >= 0.3 is 0 Å². The first kappa shape index (κ1) is 10.5. The molecular weight excluding hydrogens is 186 g/mol. The first-order valence-corrected chi connectivity index (χ1v) is 5.84. The molecule has 0 aromatic rings. The van der Waals surface area contributed by atoms with Gasteiger partial charge in [-0.2, -0.15) is 0 Å². The van der Waals surface area contributed by atoms with E-state index < -0.39 is 0 Å². The topological polar surface area (TPSA) is 21.3 Å². The minimum Gasteiger partial charge on any atom is -0.381 e. The zero-order valence-corrected chi connectivity index (χ0v) is 9.11. The Morgan fingerprint density at radius 2 is 2.20 bits per heavy atom. The molecule has 0 aromatic carbocycles. The molecule has 1 fully saturated rings. The maximum Gasteiger partial charge on any atom is 0.0534 e. The van der Waals surface area contributed by atoms with Gasteiger partial charge < -0.3 is 10.1 Å². The fraction of sp³-hybridized carbons (Fsp3) is 0.538. The van der Waals surface area contributed by atoms with Crippen molar-refractivity contribution >= 4 is 0 Å². The van der Waals surface area contributed by atoms with Gasteiger partial charge in [0.05, 0.1) is 6.61 Å². The van der Waals surface area contributed by atoms with Crippen LogP contribution < -0.4 is 5.32 Å². The lowest BCUT2D eigenvalue weighted by atomic mass is 9.92. The molecule has 1 atom stereocenters. The fourth-order valence-corrected chi connectivity index (χ4v) is 2.09. The molecule has 0 radical (unpaired) electrons. The Hall–Kier alpha value is -1.02. The van der Waals surface area contributed by atoms with E-state index in [1.54, 1.807) is 0 Å². The molecule has 2 rings (SSSR count). The molecule has 0 spiro atoms. The highest BCUT2D eigenvalue weighted by Crippen LogP contribution is 2.23. The summed E-state index contributed by atoms with van der Waals surface area (Å²) in [6.45, 7) is 1.81. The van der Waals surface area contributed by atoms with Crippen molar-refractivity contribution in [3.63, 3.8) is 0 Å². The number of hydrogen-bond donors (Lipinski definition) is 1. The van der Waals surface area contributed by atoms with E-state index in [0.29, 0.717) is 5.92 Å². The maximum atomic E-state index is 5.66. The number of nitrogens with one attached hydrogen (secondary N) is 1. The summed E-state index contributed by atoms with van der Waals surface area (Å²) in [4.78, 5) is 0. The van der Waals surface area contributed by atoms with Crippen LogP contribution in [0.4, 0.5) is 0 Å². The number of rotatable bonds is 1. The molecule has 2 heterocycles. The van der Waals surface area contributed by atoms with Crippen LogP contribution in [-0.4, -0.2) is 13.2 Å². The summed E-state index contributed by atoms with van der Waals surface area (Å²) in [5.41, 5.74) is 1.39. The lowest BCUT2D eigenvalue weighted by Crippen LogP contribution is -2.15. The molecular formula is C13H19NO. The van der Waals surface area contributed by atoms with Crippen molar-refractivity contribution in [2.45, 2.75) is 25.7 Å². The Bertz CT molecular complexity index is 270. The van der Waals surface area contributed by atoms with E-state index in [1.807, 2.05) is 12.4 Å². The standard InChI is InChI=1S/C13H19NO/c1-2-5-13(11-15-10-3-1)12-6-4-8-14-9-7-12/h4,6-9,13-14H,1-3,5,10-11H2. The highest BCUT2D eigenvalue weighted by molar-refractivity contribution is 5.28. The average Bonchev–Trinajstić information content (AvgIpc) is 2.45. The third-order valence-corrected chi connectivity index (χ3v) is 2.98. The SMILES string of the molecule is C1=CNC=CC(C2CCCCCOC2)=C1. The van der Waals surface area contributed by atoms with E-state index >= 15 is 0 Å². The first-order valence-electron chi connectivity index (χ1n) is 5.84. The highest BCUT2D eigenvalue weighted by Gasteiger charge is 2.14. The Morgan fingerprint density at radius 3 is 3.20 bits per heavy atom. The highest BCUT2D eigenvalue weighted by atomic mass is 16.5. The van der Waals surface area contributed by atoms with Crippen molar-refractivity contribution in [2.24, 2.45) is 5.92 Å². The molecule has 0 amide bonds. The molecule has 1 unspecified atom stereocenters. The Kier molecular flexibility index (Phi) is 4.03. The van der Waals surface area contributed by atoms with Gasteiger partial charge in [-0.15, -0.1) is 0 Å². The van der Waals surface area contributed by atoms with Crippen molar-refractivity contribution in [3.8, 4) is 0 Å². The summed E-state index contributed by atoms with van der Waals surface area (Å²) >= 11 is 0. The van der Waals surface area contributed by atoms with E-state index in [1.165, 1.54) is 31.3 Å². The summed E-state index contributed by atoms with van der Waals surface area (Å²) in [6.07, 6.45) is 15.5. The number of allylic oxidation sites excluding steroid dienone is 3. The molecule has 2 aliphatic heterocycles. The Morgan fingerprint density at radius 1 is 1.20 bits per heavy atom. The molecule has 0 bridgehead atoms. The van der Waals surface area contributed by atoms with Crippen molar-refractivity contribution in [1.82, 2.24) is 5.32 Å². The van der Waals surface area contributed by atoms with Crippen LogP contribution in [-0.2, 0) is 4.74 Å². The van der Waals surface area contributed by atoms with Crippen molar-refractivity contribution < 1.29 is 4.74 Å². The van der Waals surface area contributed by atoms with E-state index in [2.05, 4.69) is 23.5 Å². The van der Waals surface area contributed by atoms with Gasteiger partial charge in [-0.05, 0) is 30.6 Å². The fourth-order valence-electron chi connectivity index (χ4n) is 2.09. The predicted molar refractivity (Wildman–Crippen MR) is 62.3 cm³/mol. The van der Waals surface area contributed by atoms with Crippen LogP contribution >= 0.6 is 0 Å². The van der Waals surface area contributed by atoms with Crippen LogP contribution in [0, 0.1) is 5.92 Å². The lowest BCUT2D eigenvalue weighted by Gasteiger charge is -2.20. The average molecular weight is 205 g/mol. The zero-order chi connectivity index (χ0) is 10.3. The zero-order valence-electron chi connectivity index (χ0n) is 9.11. The maximum absolute atomic E-state index is 5.66. The van der Waals surface area contributed by atoms with Crippen molar-refractivity contribution in [1.29, 1.82) is 0 Å². The summed E-state index contributed by atoms with van der Waals surface area (Å²) in [6, 6.07) is 0. The van der Waals surface area contributed by atoms with Gasteiger partial charge in [-0.3, -0.25) is 0 Å². The number of hydrogen-bond acceptors (Lipinski definition) is 2. The summed E-state index contributed by atoms with van der Waals surface area (Å²) in [7, 11) is 0. The number of ether oxygens (including phenoxy) is 1. The molecule has 82 valence electrons. The normalized spacial score (nSPS) is 27.2. The molecule has 2 aliphatic rings. The van der Waals surface area contributed by atoms with Crippen LogP contribution in [0.3, 0.4) is 0 Å². The molecule has 2 nitrogen and oxygen atoms in total. The van der Waals surface area contributed by atoms with Gasteiger partial charge in [0.25, 0.3) is 0 Å². The van der Waals surface area contributed by atoms with Gasteiger partial charge in [0, 0.05) is 24.9 Å². The van der Waals surface area contributed by atoms with Gasteiger partial charge in [-0.25, -0.2) is 0 Å². The summed E-state index contributed by atoms with van der Waals surface area (Å²) < 4.78 is 5.66. The lowest BCUT2D eigenvalue weighted by molar-refractivity contribution is 0.0927. The Labute approximate surface area is 91.7 Å². The minimum absolute atomic E-state index is 0.575. The van der Waals surface area contributed by atoms with Crippen LogP contribution in [0.2, 0.25) is 0 Å². The van der Waals surface area contributed by atoms with E-state index in [0.717, 1.165) is 13.2 Å². The molecule has 2 heteroatoms. The second-order valence-corrected chi connectivity index (χ2v) is 4.15. The monoisotopic (exact) mass is 205 g/mol. The summed E-state index contributed by atoms with van der Waals surface area (Å²) in [5, 5.41) is 3.09. The smallest absolute Gasteiger partial charge is 0.0534 e. The van der Waals surface area contributed by atoms with E-state index in [-0.39, 0.29) is 0 Å². The second-order valence-electron chi connectivity index (χ2n) is 4.15. The van der Waals surface area contributed by atoms with Gasteiger partial charge in [0.2, 0.25) is 0 Å². The van der Waals surface area contributed by atoms with Crippen LogP contribution in [0.15, 0.2) is 36.2 Å². The molecule has 0 aliphatic carbocycles. The van der Waals surface area contributed by atoms with Gasteiger partial charge in [0.1, 0.15) is 0 Å². The van der Waals surface area contributed by atoms with Gasteiger partial charge in [-0.1, -0.05) is 18.9 Å².